The number of aliphatic hydroxyl groups is 1. The minimum Gasteiger partial charge on any atom is -0.384 e. The SMILES string of the molecule is Cc1ccc(C(O)c2cc3c(c(C)c2C)NC(=O)CC3)cc1. The van der Waals surface area contributed by atoms with Crippen LogP contribution < -0.4 is 5.32 Å². The fourth-order valence-corrected chi connectivity index (χ4v) is 3.05. The highest BCUT2D eigenvalue weighted by Gasteiger charge is 2.22. The highest BCUT2D eigenvalue weighted by atomic mass is 16.3. The largest absolute Gasteiger partial charge is 0.384 e. The highest BCUT2D eigenvalue weighted by Crippen LogP contribution is 2.35. The second-order valence-electron chi connectivity index (χ2n) is 6.11. The molecule has 3 heteroatoms. The van der Waals surface area contributed by atoms with E-state index in [0.717, 1.165) is 39.9 Å². The van der Waals surface area contributed by atoms with Gasteiger partial charge in [-0.15, -0.1) is 0 Å². The molecule has 0 spiro atoms. The molecule has 2 aromatic rings. The lowest BCUT2D eigenvalue weighted by atomic mass is 9.88. The lowest BCUT2D eigenvalue weighted by molar-refractivity contribution is -0.116. The van der Waals surface area contributed by atoms with Crippen LogP contribution >= 0.6 is 0 Å². The van der Waals surface area contributed by atoms with Crippen LogP contribution in [0.15, 0.2) is 30.3 Å². The maximum absolute atomic E-state index is 11.6. The van der Waals surface area contributed by atoms with Crippen molar-refractivity contribution in [1.82, 2.24) is 0 Å². The third-order valence-electron chi connectivity index (χ3n) is 4.59. The molecule has 0 bridgehead atoms. The minimum absolute atomic E-state index is 0.0711. The van der Waals surface area contributed by atoms with Gasteiger partial charge in [-0.2, -0.15) is 0 Å². The molecule has 0 saturated heterocycles. The van der Waals surface area contributed by atoms with Gasteiger partial charge in [0.05, 0.1) is 0 Å². The van der Waals surface area contributed by atoms with Gasteiger partial charge >= 0.3 is 0 Å². The number of aliphatic hydroxyl groups excluding tert-OH is 1. The number of nitrogens with one attached hydrogen (secondary N) is 1. The highest BCUT2D eigenvalue weighted by molar-refractivity contribution is 5.95. The number of carbonyl (C=O) groups is 1. The van der Waals surface area contributed by atoms with Crippen LogP contribution in [-0.2, 0) is 11.2 Å². The van der Waals surface area contributed by atoms with E-state index in [2.05, 4.69) is 5.32 Å². The van der Waals surface area contributed by atoms with E-state index in [0.29, 0.717) is 6.42 Å². The summed E-state index contributed by atoms with van der Waals surface area (Å²) in [5, 5.41) is 13.7. The molecule has 1 atom stereocenters. The van der Waals surface area contributed by atoms with Crippen LogP contribution in [0.4, 0.5) is 5.69 Å². The topological polar surface area (TPSA) is 49.3 Å². The number of aryl methyl sites for hydroxylation is 2. The van der Waals surface area contributed by atoms with E-state index in [4.69, 9.17) is 0 Å². The number of rotatable bonds is 2. The number of fused-ring (bicyclic) bond motifs is 1. The van der Waals surface area contributed by atoms with E-state index < -0.39 is 6.10 Å². The molecule has 3 nitrogen and oxygen atoms in total. The molecule has 3 rings (SSSR count). The van der Waals surface area contributed by atoms with E-state index >= 15 is 0 Å². The summed E-state index contributed by atoms with van der Waals surface area (Å²) in [5.74, 6) is 0.0711. The minimum atomic E-state index is -0.637. The fraction of sp³-hybridized carbons (Fsp3) is 0.316. The van der Waals surface area contributed by atoms with Crippen LogP contribution in [0.2, 0.25) is 0 Å². The summed E-state index contributed by atoms with van der Waals surface area (Å²) in [6.07, 6.45) is 0.605. The normalized spacial score (nSPS) is 15.2. The quantitative estimate of drug-likeness (QED) is 0.889. The van der Waals surface area contributed by atoms with Crippen LogP contribution in [0.3, 0.4) is 0 Å². The number of anilines is 1. The zero-order chi connectivity index (χ0) is 15.9. The van der Waals surface area contributed by atoms with Crippen LogP contribution in [0.1, 0.15) is 45.9 Å². The second kappa shape index (κ2) is 5.58. The van der Waals surface area contributed by atoms with Crippen LogP contribution in [-0.4, -0.2) is 11.0 Å². The van der Waals surface area contributed by atoms with Gasteiger partial charge in [-0.25, -0.2) is 0 Å². The molecule has 0 saturated carbocycles. The fourth-order valence-electron chi connectivity index (χ4n) is 3.05. The molecular weight excluding hydrogens is 274 g/mol. The maximum Gasteiger partial charge on any atom is 0.224 e. The molecule has 0 fully saturated rings. The molecular formula is C19H21NO2. The van der Waals surface area contributed by atoms with Gasteiger partial charge in [-0.05, 0) is 55.0 Å². The first-order chi connectivity index (χ1) is 10.5. The summed E-state index contributed by atoms with van der Waals surface area (Å²) >= 11 is 0. The lowest BCUT2D eigenvalue weighted by Gasteiger charge is -2.24. The van der Waals surface area contributed by atoms with Crippen molar-refractivity contribution < 1.29 is 9.90 Å². The van der Waals surface area contributed by atoms with Gasteiger partial charge in [0.1, 0.15) is 6.10 Å². The first-order valence-corrected chi connectivity index (χ1v) is 7.65. The van der Waals surface area contributed by atoms with E-state index in [9.17, 15) is 9.90 Å². The van der Waals surface area contributed by atoms with Crippen molar-refractivity contribution in [2.45, 2.75) is 39.7 Å². The van der Waals surface area contributed by atoms with Crippen molar-refractivity contribution in [2.24, 2.45) is 0 Å². The summed E-state index contributed by atoms with van der Waals surface area (Å²) in [4.78, 5) is 11.6. The summed E-state index contributed by atoms with van der Waals surface area (Å²) in [6.45, 7) is 6.04. The van der Waals surface area contributed by atoms with Crippen molar-refractivity contribution in [2.75, 3.05) is 5.32 Å². The molecule has 1 amide bonds. The van der Waals surface area contributed by atoms with Crippen LogP contribution in [0.25, 0.3) is 0 Å². The third-order valence-corrected chi connectivity index (χ3v) is 4.59. The van der Waals surface area contributed by atoms with Crippen molar-refractivity contribution >= 4 is 11.6 Å². The average Bonchev–Trinajstić information content (AvgIpc) is 2.51. The third kappa shape index (κ3) is 2.53. The molecule has 22 heavy (non-hydrogen) atoms. The average molecular weight is 295 g/mol. The van der Waals surface area contributed by atoms with Gasteiger partial charge in [0, 0.05) is 12.1 Å². The van der Waals surface area contributed by atoms with Crippen LogP contribution in [0, 0.1) is 20.8 Å². The smallest absolute Gasteiger partial charge is 0.224 e. The Hall–Kier alpha value is -2.13. The Morgan fingerprint density at radius 1 is 1.05 bits per heavy atom. The Labute approximate surface area is 131 Å². The van der Waals surface area contributed by atoms with Gasteiger partial charge in [0.2, 0.25) is 5.91 Å². The van der Waals surface area contributed by atoms with Gasteiger partial charge in [0.15, 0.2) is 0 Å². The van der Waals surface area contributed by atoms with Crippen molar-refractivity contribution in [3.8, 4) is 0 Å². The summed E-state index contributed by atoms with van der Waals surface area (Å²) in [6, 6.07) is 10.0. The predicted molar refractivity (Wildman–Crippen MR) is 88.1 cm³/mol. The molecule has 1 aliphatic rings. The molecule has 0 aliphatic carbocycles. The predicted octanol–water partition coefficient (Wildman–Crippen LogP) is 3.58. The molecule has 114 valence electrons. The number of carbonyl (C=O) groups excluding carboxylic acids is 1. The molecule has 0 radical (unpaired) electrons. The van der Waals surface area contributed by atoms with Gasteiger partial charge < -0.3 is 10.4 Å². The van der Waals surface area contributed by atoms with Crippen molar-refractivity contribution in [3.63, 3.8) is 0 Å². The maximum atomic E-state index is 11.6. The Bertz CT molecular complexity index is 732. The summed E-state index contributed by atoms with van der Waals surface area (Å²) < 4.78 is 0. The Morgan fingerprint density at radius 2 is 1.73 bits per heavy atom. The van der Waals surface area contributed by atoms with Gasteiger partial charge in [-0.3, -0.25) is 4.79 Å². The summed E-state index contributed by atoms with van der Waals surface area (Å²) in [5.41, 5.74) is 7.12. The Morgan fingerprint density at radius 3 is 2.41 bits per heavy atom. The molecule has 2 aromatic carbocycles. The molecule has 0 aromatic heterocycles. The standard InChI is InChI=1S/C19H21NO2/c1-11-4-6-14(7-5-11)19(22)16-10-15-8-9-17(21)20-18(15)13(3)12(16)2/h4-7,10,19,22H,8-9H2,1-3H3,(H,20,21). The zero-order valence-corrected chi connectivity index (χ0v) is 13.2. The first-order valence-electron chi connectivity index (χ1n) is 7.65. The van der Waals surface area contributed by atoms with Crippen molar-refractivity contribution in [3.05, 3.63) is 63.7 Å². The Balaban J connectivity index is 2.06. The van der Waals surface area contributed by atoms with Crippen LogP contribution in [0.5, 0.6) is 0 Å². The number of amides is 1. The zero-order valence-electron chi connectivity index (χ0n) is 13.2. The lowest BCUT2D eigenvalue weighted by Crippen LogP contribution is -2.21. The number of benzene rings is 2. The van der Waals surface area contributed by atoms with E-state index in [1.807, 2.05) is 51.1 Å². The molecule has 2 N–H and O–H groups in total. The second-order valence-corrected chi connectivity index (χ2v) is 6.11. The number of hydrogen-bond donors (Lipinski definition) is 2. The number of hydrogen-bond acceptors (Lipinski definition) is 2. The van der Waals surface area contributed by atoms with E-state index in [1.165, 1.54) is 5.56 Å². The van der Waals surface area contributed by atoms with E-state index in [-0.39, 0.29) is 5.91 Å². The van der Waals surface area contributed by atoms with E-state index in [1.54, 1.807) is 0 Å². The monoisotopic (exact) mass is 295 g/mol. The van der Waals surface area contributed by atoms with Gasteiger partial charge in [0.25, 0.3) is 0 Å². The molecule has 1 heterocycles. The Kier molecular flexibility index (Phi) is 3.75. The first kappa shape index (κ1) is 14.8. The summed E-state index contributed by atoms with van der Waals surface area (Å²) in [7, 11) is 0. The molecule has 1 unspecified atom stereocenters. The van der Waals surface area contributed by atoms with Gasteiger partial charge in [-0.1, -0.05) is 35.9 Å². The van der Waals surface area contributed by atoms with Crippen molar-refractivity contribution in [1.29, 1.82) is 0 Å². The molecule has 1 aliphatic heterocycles.